The highest BCUT2D eigenvalue weighted by atomic mass is 16.8. The fraction of sp³-hybridized carbons (Fsp3) is 0. The Bertz CT molecular complexity index is 335. The molecule has 0 radical (unpaired) electrons. The highest BCUT2D eigenvalue weighted by molar-refractivity contribution is 5.85. The minimum atomic E-state index is -1.22. The fourth-order valence-corrected chi connectivity index (χ4v) is 0.935. The molecule has 68 valence electrons. The first-order chi connectivity index (χ1) is 6.19. The van der Waals surface area contributed by atoms with Gasteiger partial charge in [0.15, 0.2) is 12.0 Å². The van der Waals surface area contributed by atoms with E-state index in [0.717, 1.165) is 0 Å². The molecular weight excluding hydrogens is 174 g/mol. The number of aldehydes is 2. The lowest BCUT2D eigenvalue weighted by atomic mass is 10.1. The van der Waals surface area contributed by atoms with Crippen LogP contribution in [0.1, 0.15) is 20.7 Å². The van der Waals surface area contributed by atoms with Crippen molar-refractivity contribution in [1.29, 1.82) is 0 Å². The van der Waals surface area contributed by atoms with Crippen molar-refractivity contribution in [1.82, 2.24) is 0 Å². The van der Waals surface area contributed by atoms with Gasteiger partial charge in [0, 0.05) is 11.6 Å². The Morgan fingerprint density at radius 3 is 2.46 bits per heavy atom. The summed E-state index contributed by atoms with van der Waals surface area (Å²) in [4.78, 5) is 20.7. The molecule has 5 nitrogen and oxygen atoms in total. The first-order valence-electron chi connectivity index (χ1n) is 3.46. The summed E-state index contributed by atoms with van der Waals surface area (Å²) in [7, 11) is 0. The zero-order chi connectivity index (χ0) is 9.84. The molecule has 1 atom stereocenters. The molecule has 5 heteroatoms. The van der Waals surface area contributed by atoms with Gasteiger partial charge in [0.05, 0.1) is 5.56 Å². The molecule has 0 fully saturated rings. The molecule has 1 aromatic carbocycles. The Hall–Kier alpha value is -1.56. The predicted octanol–water partition coefficient (Wildman–Crippen LogP) is -0.285. The van der Waals surface area contributed by atoms with Crippen LogP contribution in [-0.2, 0) is 0 Å². The second kappa shape index (κ2) is 3.90. The van der Waals surface area contributed by atoms with Crippen molar-refractivity contribution in [3.05, 3.63) is 34.5 Å². The van der Waals surface area contributed by atoms with Gasteiger partial charge in [-0.05, 0) is 6.07 Å². The molecule has 0 amide bonds. The Balaban J connectivity index is 3.25. The van der Waals surface area contributed by atoms with Crippen LogP contribution in [0.25, 0.3) is 0 Å². The molecule has 1 unspecified atom stereocenters. The van der Waals surface area contributed by atoms with Crippen molar-refractivity contribution in [2.45, 2.75) is 0 Å². The van der Waals surface area contributed by atoms with Gasteiger partial charge in [-0.1, -0.05) is 6.07 Å². The molecule has 1 aromatic rings. The maximum atomic E-state index is 10.6. The van der Waals surface area contributed by atoms with E-state index in [1.165, 1.54) is 18.2 Å². The van der Waals surface area contributed by atoms with Gasteiger partial charge in [-0.25, -0.2) is 5.21 Å². The summed E-state index contributed by atoms with van der Waals surface area (Å²) >= 11 is 0. The third-order valence-electron chi connectivity index (χ3n) is 1.57. The lowest BCUT2D eigenvalue weighted by Crippen LogP contribution is -2.99. The van der Waals surface area contributed by atoms with Gasteiger partial charge in [0.2, 0.25) is 0 Å². The Morgan fingerprint density at radius 2 is 2.00 bits per heavy atom. The van der Waals surface area contributed by atoms with E-state index in [4.69, 9.17) is 5.21 Å². The van der Waals surface area contributed by atoms with Gasteiger partial charge in [0.25, 0.3) is 0 Å². The van der Waals surface area contributed by atoms with Crippen LogP contribution in [0.15, 0.2) is 18.2 Å². The average molecular weight is 181 g/mol. The molecule has 0 heterocycles. The van der Waals surface area contributed by atoms with Gasteiger partial charge in [-0.3, -0.25) is 9.59 Å². The molecule has 0 saturated carbocycles. The average Bonchev–Trinajstić information content (AvgIpc) is 2.16. The normalized spacial score (nSPS) is 12.2. The number of benzene rings is 1. The summed E-state index contributed by atoms with van der Waals surface area (Å²) in [5, 5.41) is 18.0. The van der Waals surface area contributed by atoms with Gasteiger partial charge >= 0.3 is 0 Å². The third kappa shape index (κ3) is 1.97. The summed E-state index contributed by atoms with van der Waals surface area (Å²) in [5.74, 6) is 0. The number of nitrogens with one attached hydrogen (secondary N) is 1. The summed E-state index contributed by atoms with van der Waals surface area (Å²) < 4.78 is 0. The standard InChI is InChI=1S/C8H7NO4/c10-4-6-1-2-7(5-11)8(3-6)9(12)13/h1-5,9,12H. The SMILES string of the molecule is O=Cc1ccc(C=O)c([NH+]([O-])O)c1. The molecular formula is C8H7NO4. The molecule has 0 saturated heterocycles. The summed E-state index contributed by atoms with van der Waals surface area (Å²) in [5.41, 5.74) is 0.153. The maximum absolute atomic E-state index is 10.6. The second-order valence-electron chi connectivity index (χ2n) is 2.39. The fourth-order valence-electron chi connectivity index (χ4n) is 0.935. The van der Waals surface area contributed by atoms with Crippen LogP contribution < -0.4 is 5.23 Å². The van der Waals surface area contributed by atoms with Gasteiger partial charge in [0.1, 0.15) is 6.29 Å². The van der Waals surface area contributed by atoms with E-state index in [1.54, 1.807) is 0 Å². The first-order valence-corrected chi connectivity index (χ1v) is 3.46. The molecule has 2 N–H and O–H groups in total. The zero-order valence-electron chi connectivity index (χ0n) is 6.56. The summed E-state index contributed by atoms with van der Waals surface area (Å²) in [6.07, 6.45) is 0.971. The third-order valence-corrected chi connectivity index (χ3v) is 1.57. The zero-order valence-corrected chi connectivity index (χ0v) is 6.56. The number of carbonyl (C=O) groups excluding carboxylic acids is 2. The molecule has 0 spiro atoms. The van der Waals surface area contributed by atoms with Crippen molar-refractivity contribution >= 4 is 18.3 Å². The van der Waals surface area contributed by atoms with Crippen LogP contribution in [-0.4, -0.2) is 17.8 Å². The maximum Gasteiger partial charge on any atom is 0.175 e. The Morgan fingerprint density at radius 1 is 1.31 bits per heavy atom. The number of carbonyl (C=O) groups is 2. The van der Waals surface area contributed by atoms with Crippen molar-refractivity contribution in [3.8, 4) is 0 Å². The Labute approximate surface area is 73.7 Å². The monoisotopic (exact) mass is 181 g/mol. The van der Waals surface area contributed by atoms with Crippen LogP contribution in [0.4, 0.5) is 5.69 Å². The highest BCUT2D eigenvalue weighted by Gasteiger charge is 2.08. The van der Waals surface area contributed by atoms with E-state index in [-0.39, 0.29) is 16.8 Å². The lowest BCUT2D eigenvalue weighted by molar-refractivity contribution is -0.991. The van der Waals surface area contributed by atoms with Gasteiger partial charge < -0.3 is 5.21 Å². The van der Waals surface area contributed by atoms with E-state index < -0.39 is 5.23 Å². The van der Waals surface area contributed by atoms with E-state index >= 15 is 0 Å². The second-order valence-corrected chi connectivity index (χ2v) is 2.39. The first kappa shape index (κ1) is 9.53. The van der Waals surface area contributed by atoms with Crippen LogP contribution >= 0.6 is 0 Å². The largest absolute Gasteiger partial charge is 0.595 e. The lowest BCUT2D eigenvalue weighted by Gasteiger charge is -2.13. The number of hydrogen-bond donors (Lipinski definition) is 2. The Kier molecular flexibility index (Phi) is 2.86. The van der Waals surface area contributed by atoms with Crippen molar-refractivity contribution in [3.63, 3.8) is 0 Å². The van der Waals surface area contributed by atoms with Crippen molar-refractivity contribution in [2.24, 2.45) is 0 Å². The van der Waals surface area contributed by atoms with Crippen LogP contribution in [0.5, 0.6) is 0 Å². The van der Waals surface area contributed by atoms with E-state index in [0.29, 0.717) is 12.6 Å². The van der Waals surface area contributed by atoms with Crippen molar-refractivity contribution in [2.75, 3.05) is 0 Å². The topological polar surface area (TPSA) is 81.9 Å². The smallest absolute Gasteiger partial charge is 0.175 e. The number of hydrogen-bond acceptors (Lipinski definition) is 4. The highest BCUT2D eigenvalue weighted by Crippen LogP contribution is 2.10. The minimum Gasteiger partial charge on any atom is -0.595 e. The van der Waals surface area contributed by atoms with E-state index in [1.807, 2.05) is 0 Å². The quantitative estimate of drug-likeness (QED) is 0.496. The molecule has 0 aliphatic rings. The molecule has 0 aromatic heterocycles. The van der Waals surface area contributed by atoms with Gasteiger partial charge in [-0.2, -0.15) is 5.23 Å². The number of rotatable bonds is 3. The van der Waals surface area contributed by atoms with Crippen LogP contribution in [0.3, 0.4) is 0 Å². The molecule has 0 aliphatic heterocycles. The van der Waals surface area contributed by atoms with E-state index in [9.17, 15) is 14.8 Å². The van der Waals surface area contributed by atoms with Crippen LogP contribution in [0.2, 0.25) is 0 Å². The predicted molar refractivity (Wildman–Crippen MR) is 43.0 cm³/mol. The van der Waals surface area contributed by atoms with Crippen LogP contribution in [0, 0.1) is 5.21 Å². The number of quaternary nitrogens is 1. The summed E-state index contributed by atoms with van der Waals surface area (Å²) in [6, 6.07) is 3.86. The minimum absolute atomic E-state index is 0.0677. The van der Waals surface area contributed by atoms with Gasteiger partial charge in [-0.15, -0.1) is 0 Å². The molecule has 13 heavy (non-hydrogen) atoms. The van der Waals surface area contributed by atoms with E-state index in [2.05, 4.69) is 0 Å². The molecule has 0 aliphatic carbocycles. The summed E-state index contributed by atoms with van der Waals surface area (Å²) in [6.45, 7) is 0. The van der Waals surface area contributed by atoms with Crippen molar-refractivity contribution < 1.29 is 20.0 Å². The molecule has 1 rings (SSSR count). The molecule has 0 bridgehead atoms.